The lowest BCUT2D eigenvalue weighted by Crippen LogP contribution is -2.16. The Morgan fingerprint density at radius 3 is 2.64 bits per heavy atom. The van der Waals surface area contributed by atoms with Crippen molar-refractivity contribution in [2.24, 2.45) is 0 Å². The number of phenolic OH excluding ortho intramolecular Hbond substituents is 1. The van der Waals surface area contributed by atoms with Gasteiger partial charge in [-0.2, -0.15) is 0 Å². The van der Waals surface area contributed by atoms with Crippen LogP contribution in [-0.2, 0) is 5.60 Å². The smallest absolute Gasteiger partial charge is 0.231 e. The van der Waals surface area contributed by atoms with Crippen molar-refractivity contribution in [2.75, 3.05) is 6.79 Å². The van der Waals surface area contributed by atoms with Gasteiger partial charge in [0.25, 0.3) is 0 Å². The first kappa shape index (κ1) is 9.15. The van der Waals surface area contributed by atoms with Gasteiger partial charge in [-0.15, -0.1) is 0 Å². The van der Waals surface area contributed by atoms with E-state index in [9.17, 15) is 10.2 Å². The van der Waals surface area contributed by atoms with Gasteiger partial charge in [0.15, 0.2) is 11.5 Å². The third-order valence-electron chi connectivity index (χ3n) is 2.13. The molecule has 0 atom stereocenters. The largest absolute Gasteiger partial charge is 0.507 e. The Morgan fingerprint density at radius 2 is 2.00 bits per heavy atom. The number of benzene rings is 1. The molecule has 14 heavy (non-hydrogen) atoms. The molecule has 0 saturated heterocycles. The topological polar surface area (TPSA) is 58.9 Å². The van der Waals surface area contributed by atoms with Gasteiger partial charge < -0.3 is 19.7 Å². The zero-order valence-corrected chi connectivity index (χ0v) is 8.07. The average Bonchev–Trinajstić information content (AvgIpc) is 2.48. The third-order valence-corrected chi connectivity index (χ3v) is 2.13. The molecule has 1 aromatic carbocycles. The molecule has 0 unspecified atom stereocenters. The molecule has 1 aromatic rings. The van der Waals surface area contributed by atoms with Crippen molar-refractivity contribution in [3.05, 3.63) is 17.7 Å². The minimum absolute atomic E-state index is 0.0155. The molecule has 0 spiro atoms. The monoisotopic (exact) mass is 196 g/mol. The Balaban J connectivity index is 2.63. The average molecular weight is 196 g/mol. The molecule has 0 radical (unpaired) electrons. The highest BCUT2D eigenvalue weighted by molar-refractivity contribution is 5.56. The summed E-state index contributed by atoms with van der Waals surface area (Å²) in [5.74, 6) is 0.999. The van der Waals surface area contributed by atoms with Crippen molar-refractivity contribution >= 4 is 0 Å². The summed E-state index contributed by atoms with van der Waals surface area (Å²) >= 11 is 0. The highest BCUT2D eigenvalue weighted by Gasteiger charge is 2.30. The highest BCUT2D eigenvalue weighted by atomic mass is 16.7. The molecule has 2 N–H and O–H groups in total. The SMILES string of the molecule is CC(C)(O)c1c(O)ccc2c1OCO2. The van der Waals surface area contributed by atoms with E-state index in [0.29, 0.717) is 17.1 Å². The van der Waals surface area contributed by atoms with E-state index < -0.39 is 5.60 Å². The Bertz CT molecular complexity index is 365. The van der Waals surface area contributed by atoms with Crippen LogP contribution in [0.4, 0.5) is 0 Å². The lowest BCUT2D eigenvalue weighted by Gasteiger charge is -2.20. The first-order valence-corrected chi connectivity index (χ1v) is 4.34. The third kappa shape index (κ3) is 1.28. The second kappa shape index (κ2) is 2.78. The van der Waals surface area contributed by atoms with Gasteiger partial charge in [-0.3, -0.25) is 0 Å². The van der Waals surface area contributed by atoms with Crippen LogP contribution >= 0.6 is 0 Å². The summed E-state index contributed by atoms with van der Waals surface area (Å²) < 4.78 is 10.3. The number of aliphatic hydroxyl groups is 1. The number of fused-ring (bicyclic) bond motifs is 1. The summed E-state index contributed by atoms with van der Waals surface area (Å²) in [7, 11) is 0. The van der Waals surface area contributed by atoms with E-state index in [4.69, 9.17) is 9.47 Å². The van der Waals surface area contributed by atoms with Crippen molar-refractivity contribution < 1.29 is 19.7 Å². The number of rotatable bonds is 1. The number of phenols is 1. The summed E-state index contributed by atoms with van der Waals surface area (Å²) in [6.07, 6.45) is 0. The quantitative estimate of drug-likeness (QED) is 0.711. The van der Waals surface area contributed by atoms with Gasteiger partial charge in [-0.1, -0.05) is 0 Å². The van der Waals surface area contributed by atoms with Crippen LogP contribution in [0.15, 0.2) is 12.1 Å². The summed E-state index contributed by atoms with van der Waals surface area (Å²) in [4.78, 5) is 0. The predicted octanol–water partition coefficient (Wildman–Crippen LogP) is 1.35. The van der Waals surface area contributed by atoms with Crippen LogP contribution in [0.3, 0.4) is 0 Å². The molecule has 0 aliphatic carbocycles. The number of hydrogen-bond donors (Lipinski definition) is 2. The molecule has 0 saturated carbocycles. The first-order valence-electron chi connectivity index (χ1n) is 4.34. The van der Waals surface area contributed by atoms with Crippen LogP contribution < -0.4 is 9.47 Å². The van der Waals surface area contributed by atoms with Crippen LogP contribution in [0.1, 0.15) is 19.4 Å². The summed E-state index contributed by atoms with van der Waals surface area (Å²) in [6.45, 7) is 3.30. The fraction of sp³-hybridized carbons (Fsp3) is 0.400. The Hall–Kier alpha value is -1.42. The Kier molecular flexibility index (Phi) is 1.82. The molecule has 1 aliphatic rings. The van der Waals surface area contributed by atoms with Gasteiger partial charge in [-0.25, -0.2) is 0 Å². The fourth-order valence-electron chi connectivity index (χ4n) is 1.55. The van der Waals surface area contributed by atoms with Crippen LogP contribution in [-0.4, -0.2) is 17.0 Å². The lowest BCUT2D eigenvalue weighted by molar-refractivity contribution is 0.0716. The zero-order chi connectivity index (χ0) is 10.3. The molecular formula is C10H12O4. The fourth-order valence-corrected chi connectivity index (χ4v) is 1.55. The molecule has 0 aromatic heterocycles. The Morgan fingerprint density at radius 1 is 1.29 bits per heavy atom. The van der Waals surface area contributed by atoms with Crippen LogP contribution in [0.25, 0.3) is 0 Å². The zero-order valence-electron chi connectivity index (χ0n) is 8.07. The first-order chi connectivity index (χ1) is 6.50. The van der Waals surface area contributed by atoms with Gasteiger partial charge in [-0.05, 0) is 26.0 Å². The van der Waals surface area contributed by atoms with Crippen molar-refractivity contribution in [3.8, 4) is 17.2 Å². The number of hydrogen-bond acceptors (Lipinski definition) is 4. The molecule has 1 heterocycles. The highest BCUT2D eigenvalue weighted by Crippen LogP contribution is 2.45. The maximum absolute atomic E-state index is 9.84. The van der Waals surface area contributed by atoms with E-state index in [1.165, 1.54) is 6.07 Å². The normalized spacial score (nSPS) is 14.5. The van der Waals surface area contributed by atoms with Crippen LogP contribution in [0.2, 0.25) is 0 Å². The van der Waals surface area contributed by atoms with Gasteiger partial charge in [0.05, 0.1) is 11.2 Å². The van der Waals surface area contributed by atoms with Crippen molar-refractivity contribution in [3.63, 3.8) is 0 Å². The number of aromatic hydroxyl groups is 1. The second-order valence-electron chi connectivity index (χ2n) is 3.75. The molecule has 76 valence electrons. The molecule has 4 nitrogen and oxygen atoms in total. The van der Waals surface area contributed by atoms with Gasteiger partial charge in [0.1, 0.15) is 5.75 Å². The lowest BCUT2D eigenvalue weighted by atomic mass is 9.96. The summed E-state index contributed by atoms with van der Waals surface area (Å²) in [6, 6.07) is 3.10. The van der Waals surface area contributed by atoms with Crippen molar-refractivity contribution in [2.45, 2.75) is 19.4 Å². The van der Waals surface area contributed by atoms with Crippen molar-refractivity contribution in [1.82, 2.24) is 0 Å². The molecule has 4 heteroatoms. The van der Waals surface area contributed by atoms with Crippen LogP contribution in [0.5, 0.6) is 17.2 Å². The maximum atomic E-state index is 9.84. The standard InChI is InChI=1S/C10H12O4/c1-10(2,12)8-6(11)3-4-7-9(8)14-5-13-7/h3-4,11-12H,5H2,1-2H3. The van der Waals surface area contributed by atoms with Gasteiger partial charge >= 0.3 is 0 Å². The minimum Gasteiger partial charge on any atom is -0.507 e. The second-order valence-corrected chi connectivity index (χ2v) is 3.75. The molecular weight excluding hydrogens is 184 g/mol. The van der Waals surface area contributed by atoms with Crippen molar-refractivity contribution in [1.29, 1.82) is 0 Å². The molecule has 0 bridgehead atoms. The summed E-state index contributed by atoms with van der Waals surface area (Å²) in [5.41, 5.74) is -0.782. The molecule has 1 aliphatic heterocycles. The molecule has 2 rings (SSSR count). The van der Waals surface area contributed by atoms with Gasteiger partial charge in [0, 0.05) is 0 Å². The van der Waals surface area contributed by atoms with E-state index in [0.717, 1.165) is 0 Å². The molecule has 0 amide bonds. The van der Waals surface area contributed by atoms with E-state index in [2.05, 4.69) is 0 Å². The van der Waals surface area contributed by atoms with Gasteiger partial charge in [0.2, 0.25) is 6.79 Å². The predicted molar refractivity (Wildman–Crippen MR) is 49.5 cm³/mol. The van der Waals surface area contributed by atoms with E-state index in [-0.39, 0.29) is 12.5 Å². The summed E-state index contributed by atoms with van der Waals surface area (Å²) in [5, 5.41) is 19.5. The van der Waals surface area contributed by atoms with E-state index in [1.54, 1.807) is 19.9 Å². The van der Waals surface area contributed by atoms with E-state index >= 15 is 0 Å². The molecule has 0 fully saturated rings. The van der Waals surface area contributed by atoms with E-state index in [1.807, 2.05) is 0 Å². The van der Waals surface area contributed by atoms with Crippen LogP contribution in [0, 0.1) is 0 Å². The Labute approximate surface area is 81.7 Å². The maximum Gasteiger partial charge on any atom is 0.231 e. The number of ether oxygens (including phenoxy) is 2. The minimum atomic E-state index is -1.15.